The third kappa shape index (κ3) is 3.87. The SMILES string of the molecule is O=C(/C=C/c1cnn(-c2ccccc2)c1)N1CCC(CO)CC1. The number of carbonyl (C=O) groups excluding carboxylic acids is 1. The number of piperidine rings is 1. The number of rotatable bonds is 4. The summed E-state index contributed by atoms with van der Waals surface area (Å²) in [6, 6.07) is 9.86. The van der Waals surface area contributed by atoms with Crippen LogP contribution in [0.4, 0.5) is 0 Å². The number of hydrogen-bond acceptors (Lipinski definition) is 3. The molecule has 1 aliphatic heterocycles. The van der Waals surface area contributed by atoms with Crippen LogP contribution in [-0.4, -0.2) is 45.4 Å². The first-order chi connectivity index (χ1) is 11.3. The largest absolute Gasteiger partial charge is 0.396 e. The zero-order valence-corrected chi connectivity index (χ0v) is 13.0. The molecule has 1 aromatic heterocycles. The van der Waals surface area contributed by atoms with Crippen molar-refractivity contribution >= 4 is 12.0 Å². The molecule has 5 heteroatoms. The fraction of sp³-hybridized carbons (Fsp3) is 0.333. The highest BCUT2D eigenvalue weighted by molar-refractivity contribution is 5.91. The summed E-state index contributed by atoms with van der Waals surface area (Å²) < 4.78 is 1.79. The predicted octanol–water partition coefficient (Wildman–Crippen LogP) is 2.12. The molecule has 1 amide bonds. The highest BCUT2D eigenvalue weighted by Crippen LogP contribution is 2.17. The van der Waals surface area contributed by atoms with Gasteiger partial charge in [0.05, 0.1) is 11.9 Å². The average molecular weight is 311 g/mol. The highest BCUT2D eigenvalue weighted by Gasteiger charge is 2.20. The van der Waals surface area contributed by atoms with E-state index in [-0.39, 0.29) is 12.5 Å². The lowest BCUT2D eigenvalue weighted by atomic mass is 9.98. The van der Waals surface area contributed by atoms with E-state index >= 15 is 0 Å². The molecule has 2 aromatic rings. The normalized spacial score (nSPS) is 16.1. The number of nitrogens with zero attached hydrogens (tertiary/aromatic N) is 3. The zero-order chi connectivity index (χ0) is 16.1. The average Bonchev–Trinajstić information content (AvgIpc) is 3.09. The molecule has 2 heterocycles. The van der Waals surface area contributed by atoms with Crippen molar-refractivity contribution in [2.24, 2.45) is 5.92 Å². The minimum absolute atomic E-state index is 0.0221. The van der Waals surface area contributed by atoms with E-state index in [1.807, 2.05) is 41.4 Å². The fourth-order valence-corrected chi connectivity index (χ4v) is 2.75. The van der Waals surface area contributed by atoms with Crippen LogP contribution >= 0.6 is 0 Å². The molecule has 1 aromatic carbocycles. The number of amides is 1. The van der Waals surface area contributed by atoms with E-state index in [2.05, 4.69) is 5.10 Å². The number of hydrogen-bond donors (Lipinski definition) is 1. The second-order valence-electron chi connectivity index (χ2n) is 5.84. The van der Waals surface area contributed by atoms with E-state index < -0.39 is 0 Å². The molecular formula is C18H21N3O2. The summed E-state index contributed by atoms with van der Waals surface area (Å²) in [5.74, 6) is 0.362. The minimum atomic E-state index is 0.0221. The number of para-hydroxylation sites is 1. The predicted molar refractivity (Wildman–Crippen MR) is 89.0 cm³/mol. The van der Waals surface area contributed by atoms with Crippen LogP contribution in [0.25, 0.3) is 11.8 Å². The summed E-state index contributed by atoms with van der Waals surface area (Å²) in [5.41, 5.74) is 1.89. The molecule has 0 atom stereocenters. The van der Waals surface area contributed by atoms with Gasteiger partial charge in [-0.15, -0.1) is 0 Å². The van der Waals surface area contributed by atoms with Crippen molar-refractivity contribution in [3.8, 4) is 5.69 Å². The number of carbonyl (C=O) groups is 1. The van der Waals surface area contributed by atoms with Crippen molar-refractivity contribution in [1.82, 2.24) is 14.7 Å². The summed E-state index contributed by atoms with van der Waals surface area (Å²) in [4.78, 5) is 14.0. The van der Waals surface area contributed by atoms with E-state index in [0.29, 0.717) is 5.92 Å². The van der Waals surface area contributed by atoms with Crippen molar-refractivity contribution in [2.45, 2.75) is 12.8 Å². The third-order valence-electron chi connectivity index (χ3n) is 4.23. The Hall–Kier alpha value is -2.40. The van der Waals surface area contributed by atoms with Gasteiger partial charge in [0.2, 0.25) is 5.91 Å². The summed E-state index contributed by atoms with van der Waals surface area (Å²) in [6.45, 7) is 1.66. The molecule has 0 bridgehead atoms. The zero-order valence-electron chi connectivity index (χ0n) is 13.0. The summed E-state index contributed by atoms with van der Waals surface area (Å²) >= 11 is 0. The molecule has 0 radical (unpaired) electrons. The van der Waals surface area contributed by atoms with Gasteiger partial charge in [0.1, 0.15) is 0 Å². The highest BCUT2D eigenvalue weighted by atomic mass is 16.3. The molecule has 0 spiro atoms. The lowest BCUT2D eigenvalue weighted by Gasteiger charge is -2.30. The topological polar surface area (TPSA) is 58.4 Å². The molecule has 5 nitrogen and oxygen atoms in total. The lowest BCUT2D eigenvalue weighted by molar-refractivity contribution is -0.127. The molecule has 3 rings (SSSR count). The number of aliphatic hydroxyl groups is 1. The van der Waals surface area contributed by atoms with Gasteiger partial charge >= 0.3 is 0 Å². The number of aromatic nitrogens is 2. The monoisotopic (exact) mass is 311 g/mol. The molecule has 1 N–H and O–H groups in total. The molecule has 120 valence electrons. The van der Waals surface area contributed by atoms with Crippen molar-refractivity contribution in [1.29, 1.82) is 0 Å². The van der Waals surface area contributed by atoms with E-state index in [1.165, 1.54) is 0 Å². The van der Waals surface area contributed by atoms with Crippen LogP contribution in [0, 0.1) is 5.92 Å². The van der Waals surface area contributed by atoms with E-state index in [9.17, 15) is 4.79 Å². The fourth-order valence-electron chi connectivity index (χ4n) is 2.75. The number of likely N-dealkylation sites (tertiary alicyclic amines) is 1. The van der Waals surface area contributed by atoms with Crippen LogP contribution in [-0.2, 0) is 4.79 Å². The Morgan fingerprint density at radius 1 is 1.26 bits per heavy atom. The summed E-state index contributed by atoms with van der Waals surface area (Å²) in [7, 11) is 0. The Bertz CT molecular complexity index is 671. The Balaban J connectivity index is 1.60. The maximum absolute atomic E-state index is 12.2. The first kappa shape index (κ1) is 15.5. The maximum Gasteiger partial charge on any atom is 0.246 e. The van der Waals surface area contributed by atoms with E-state index in [1.54, 1.807) is 23.0 Å². The molecule has 23 heavy (non-hydrogen) atoms. The second kappa shape index (κ2) is 7.24. The van der Waals surface area contributed by atoms with Crippen LogP contribution in [0.3, 0.4) is 0 Å². The molecular weight excluding hydrogens is 290 g/mol. The number of benzene rings is 1. The van der Waals surface area contributed by atoms with Gasteiger partial charge in [0, 0.05) is 37.5 Å². The second-order valence-corrected chi connectivity index (χ2v) is 5.84. The van der Waals surface area contributed by atoms with Gasteiger partial charge in [-0.25, -0.2) is 4.68 Å². The maximum atomic E-state index is 12.2. The first-order valence-corrected chi connectivity index (χ1v) is 7.94. The van der Waals surface area contributed by atoms with Crippen molar-refractivity contribution in [2.75, 3.05) is 19.7 Å². The molecule has 0 unspecified atom stereocenters. The minimum Gasteiger partial charge on any atom is -0.396 e. The van der Waals surface area contributed by atoms with Gasteiger partial charge < -0.3 is 10.0 Å². The first-order valence-electron chi connectivity index (χ1n) is 7.94. The Morgan fingerprint density at radius 3 is 2.70 bits per heavy atom. The molecule has 1 fully saturated rings. The van der Waals surface area contributed by atoms with Gasteiger partial charge in [-0.1, -0.05) is 18.2 Å². The number of aliphatic hydroxyl groups excluding tert-OH is 1. The standard InChI is InChI=1S/C18H21N3O2/c22-14-15-8-10-20(11-9-15)18(23)7-6-16-12-19-21(13-16)17-4-2-1-3-5-17/h1-7,12-13,15,22H,8-11,14H2/b7-6+. The quantitative estimate of drug-likeness (QED) is 0.880. The van der Waals surface area contributed by atoms with Crippen molar-refractivity contribution in [3.63, 3.8) is 0 Å². The molecule has 1 saturated heterocycles. The summed E-state index contributed by atoms with van der Waals surface area (Å²) in [6.07, 6.45) is 8.80. The van der Waals surface area contributed by atoms with Crippen LogP contribution in [0.1, 0.15) is 18.4 Å². The molecule has 1 aliphatic rings. The van der Waals surface area contributed by atoms with E-state index in [0.717, 1.165) is 37.2 Å². The van der Waals surface area contributed by atoms with Crippen LogP contribution in [0.2, 0.25) is 0 Å². The van der Waals surface area contributed by atoms with Gasteiger partial charge in [0.25, 0.3) is 0 Å². The third-order valence-corrected chi connectivity index (χ3v) is 4.23. The van der Waals surface area contributed by atoms with Crippen molar-refractivity contribution in [3.05, 3.63) is 54.4 Å². The van der Waals surface area contributed by atoms with Crippen LogP contribution in [0.5, 0.6) is 0 Å². The van der Waals surface area contributed by atoms with Gasteiger partial charge in [-0.3, -0.25) is 4.79 Å². The molecule has 0 aliphatic carbocycles. The Kier molecular flexibility index (Phi) is 4.88. The lowest BCUT2D eigenvalue weighted by Crippen LogP contribution is -2.38. The van der Waals surface area contributed by atoms with Gasteiger partial charge in [0.15, 0.2) is 0 Å². The van der Waals surface area contributed by atoms with Crippen molar-refractivity contribution < 1.29 is 9.90 Å². The van der Waals surface area contributed by atoms with E-state index in [4.69, 9.17) is 5.11 Å². The Labute approximate surface area is 135 Å². The van der Waals surface area contributed by atoms with Crippen LogP contribution < -0.4 is 0 Å². The Morgan fingerprint density at radius 2 is 2.00 bits per heavy atom. The smallest absolute Gasteiger partial charge is 0.246 e. The van der Waals surface area contributed by atoms with Crippen LogP contribution in [0.15, 0.2) is 48.8 Å². The molecule has 0 saturated carbocycles. The van der Waals surface area contributed by atoms with Gasteiger partial charge in [-0.2, -0.15) is 5.10 Å². The van der Waals surface area contributed by atoms with Gasteiger partial charge in [-0.05, 0) is 37.0 Å². The summed E-state index contributed by atoms with van der Waals surface area (Å²) in [5, 5.41) is 13.4.